The number of ether oxygens (including phenoxy) is 1. The summed E-state index contributed by atoms with van der Waals surface area (Å²) in [6.45, 7) is 7.14. The van der Waals surface area contributed by atoms with E-state index in [1.165, 1.54) is 0 Å². The number of benzene rings is 1. The van der Waals surface area contributed by atoms with Crippen LogP contribution < -0.4 is 5.73 Å². The van der Waals surface area contributed by atoms with Gasteiger partial charge >= 0.3 is 0 Å². The molecule has 1 heterocycles. The fourth-order valence-electron chi connectivity index (χ4n) is 2.25. The molecular formula is C16H21N3O. The van der Waals surface area contributed by atoms with E-state index >= 15 is 0 Å². The predicted octanol–water partition coefficient (Wildman–Crippen LogP) is 3.03. The van der Waals surface area contributed by atoms with E-state index in [-0.39, 0.29) is 0 Å². The highest BCUT2D eigenvalue weighted by molar-refractivity contribution is 5.71. The predicted molar refractivity (Wildman–Crippen MR) is 82.4 cm³/mol. The molecule has 0 saturated heterocycles. The summed E-state index contributed by atoms with van der Waals surface area (Å²) < 4.78 is 7.12. The minimum Gasteiger partial charge on any atom is -0.383 e. The highest BCUT2D eigenvalue weighted by atomic mass is 16.5. The SMILES string of the molecule is C=CCn1c(CC)nc(-c2ccc(COC)cc2)c1N. The first kappa shape index (κ1) is 14.3. The number of methoxy groups -OCH3 is 1. The monoisotopic (exact) mass is 271 g/mol. The van der Waals surface area contributed by atoms with E-state index in [4.69, 9.17) is 10.5 Å². The molecule has 2 aromatic rings. The van der Waals surface area contributed by atoms with Gasteiger partial charge in [0.15, 0.2) is 0 Å². The smallest absolute Gasteiger partial charge is 0.132 e. The van der Waals surface area contributed by atoms with E-state index in [0.717, 1.165) is 29.1 Å². The van der Waals surface area contributed by atoms with Crippen LogP contribution in [0.2, 0.25) is 0 Å². The van der Waals surface area contributed by atoms with Crippen LogP contribution >= 0.6 is 0 Å². The third-order valence-electron chi connectivity index (χ3n) is 3.25. The number of imidazole rings is 1. The van der Waals surface area contributed by atoms with Crippen LogP contribution in [0.15, 0.2) is 36.9 Å². The van der Waals surface area contributed by atoms with Crippen LogP contribution in [0.25, 0.3) is 11.3 Å². The molecule has 106 valence electrons. The summed E-state index contributed by atoms with van der Waals surface area (Å²) in [5.41, 5.74) is 9.23. The van der Waals surface area contributed by atoms with Gasteiger partial charge < -0.3 is 15.0 Å². The molecule has 0 radical (unpaired) electrons. The third kappa shape index (κ3) is 2.75. The van der Waals surface area contributed by atoms with Crippen molar-refractivity contribution >= 4 is 5.82 Å². The van der Waals surface area contributed by atoms with E-state index in [1.54, 1.807) is 7.11 Å². The lowest BCUT2D eigenvalue weighted by molar-refractivity contribution is 0.185. The van der Waals surface area contributed by atoms with E-state index in [1.807, 2.05) is 34.9 Å². The van der Waals surface area contributed by atoms with Crippen LogP contribution in [0.5, 0.6) is 0 Å². The fourth-order valence-corrected chi connectivity index (χ4v) is 2.25. The summed E-state index contributed by atoms with van der Waals surface area (Å²) in [7, 11) is 1.69. The van der Waals surface area contributed by atoms with Crippen molar-refractivity contribution in [3.8, 4) is 11.3 Å². The summed E-state index contributed by atoms with van der Waals surface area (Å²) in [5, 5.41) is 0. The number of nitrogens with zero attached hydrogens (tertiary/aromatic N) is 2. The van der Waals surface area contributed by atoms with Gasteiger partial charge in [0.2, 0.25) is 0 Å². The summed E-state index contributed by atoms with van der Waals surface area (Å²) in [6, 6.07) is 8.14. The molecule has 4 heteroatoms. The van der Waals surface area contributed by atoms with Crippen molar-refractivity contribution < 1.29 is 4.74 Å². The Kier molecular flexibility index (Phi) is 4.58. The molecule has 0 unspecified atom stereocenters. The van der Waals surface area contributed by atoms with Crippen molar-refractivity contribution in [2.24, 2.45) is 0 Å². The number of allylic oxidation sites excluding steroid dienone is 1. The third-order valence-corrected chi connectivity index (χ3v) is 3.25. The lowest BCUT2D eigenvalue weighted by Crippen LogP contribution is -2.05. The number of nitrogens with two attached hydrogens (primary N) is 1. The van der Waals surface area contributed by atoms with Gasteiger partial charge in [-0.2, -0.15) is 0 Å². The number of rotatable bonds is 6. The first-order valence-electron chi connectivity index (χ1n) is 6.75. The number of hydrogen-bond donors (Lipinski definition) is 1. The lowest BCUT2D eigenvalue weighted by atomic mass is 10.1. The normalized spacial score (nSPS) is 10.7. The lowest BCUT2D eigenvalue weighted by Gasteiger charge is -2.05. The van der Waals surface area contributed by atoms with Gasteiger partial charge in [0, 0.05) is 25.6 Å². The Morgan fingerprint density at radius 3 is 2.60 bits per heavy atom. The minimum atomic E-state index is 0.612. The highest BCUT2D eigenvalue weighted by Gasteiger charge is 2.14. The van der Waals surface area contributed by atoms with E-state index in [9.17, 15) is 0 Å². The second-order valence-corrected chi connectivity index (χ2v) is 4.64. The molecule has 1 aromatic heterocycles. The molecule has 2 rings (SSSR count). The standard InChI is InChI=1S/C16H21N3O/c1-4-10-19-14(5-2)18-15(16(19)17)13-8-6-12(7-9-13)11-20-3/h4,6-9H,1,5,10-11,17H2,2-3H3. The zero-order valence-corrected chi connectivity index (χ0v) is 12.1. The van der Waals surface area contributed by atoms with Crippen LogP contribution in [0.1, 0.15) is 18.3 Å². The second-order valence-electron chi connectivity index (χ2n) is 4.64. The molecule has 0 atom stereocenters. The van der Waals surface area contributed by atoms with Gasteiger partial charge in [-0.05, 0) is 5.56 Å². The Bertz CT molecular complexity index is 585. The Morgan fingerprint density at radius 2 is 2.05 bits per heavy atom. The van der Waals surface area contributed by atoms with Crippen molar-refractivity contribution in [1.29, 1.82) is 0 Å². The highest BCUT2D eigenvalue weighted by Crippen LogP contribution is 2.27. The fraction of sp³-hybridized carbons (Fsp3) is 0.312. The molecule has 1 aromatic carbocycles. The van der Waals surface area contributed by atoms with Crippen molar-refractivity contribution in [3.05, 3.63) is 48.3 Å². The maximum atomic E-state index is 6.22. The van der Waals surface area contributed by atoms with Gasteiger partial charge in [-0.15, -0.1) is 6.58 Å². The van der Waals surface area contributed by atoms with Crippen LogP contribution in [0, 0.1) is 0 Å². The van der Waals surface area contributed by atoms with Gasteiger partial charge in [0.25, 0.3) is 0 Å². The minimum absolute atomic E-state index is 0.612. The summed E-state index contributed by atoms with van der Waals surface area (Å²) in [4.78, 5) is 4.65. The number of aryl methyl sites for hydroxylation is 1. The molecule has 0 bridgehead atoms. The molecule has 0 aliphatic carbocycles. The Labute approximate surface area is 119 Å². The summed E-state index contributed by atoms with van der Waals surface area (Å²) in [5.74, 6) is 1.68. The quantitative estimate of drug-likeness (QED) is 0.822. The van der Waals surface area contributed by atoms with Crippen LogP contribution in [-0.4, -0.2) is 16.7 Å². The molecular weight excluding hydrogens is 250 g/mol. The first-order chi connectivity index (χ1) is 9.71. The molecule has 0 aliphatic rings. The zero-order chi connectivity index (χ0) is 14.5. The number of hydrogen-bond acceptors (Lipinski definition) is 3. The van der Waals surface area contributed by atoms with Crippen molar-refractivity contribution in [3.63, 3.8) is 0 Å². The van der Waals surface area contributed by atoms with Crippen molar-refractivity contribution in [2.75, 3.05) is 12.8 Å². The van der Waals surface area contributed by atoms with E-state index in [0.29, 0.717) is 19.0 Å². The number of anilines is 1. The number of aromatic nitrogens is 2. The molecule has 0 saturated carbocycles. The largest absolute Gasteiger partial charge is 0.383 e. The topological polar surface area (TPSA) is 53.1 Å². The van der Waals surface area contributed by atoms with E-state index < -0.39 is 0 Å². The second kappa shape index (κ2) is 6.39. The molecule has 0 spiro atoms. The number of nitrogen functional groups attached to an aromatic ring is 1. The van der Waals surface area contributed by atoms with Crippen LogP contribution in [0.4, 0.5) is 5.82 Å². The summed E-state index contributed by atoms with van der Waals surface area (Å²) >= 11 is 0. The van der Waals surface area contributed by atoms with Crippen molar-refractivity contribution in [2.45, 2.75) is 26.5 Å². The Morgan fingerprint density at radius 1 is 1.35 bits per heavy atom. The molecule has 0 aliphatic heterocycles. The molecule has 2 N–H and O–H groups in total. The van der Waals surface area contributed by atoms with E-state index in [2.05, 4.69) is 18.5 Å². The maximum absolute atomic E-state index is 6.22. The average molecular weight is 271 g/mol. The average Bonchev–Trinajstić information content (AvgIpc) is 2.78. The van der Waals surface area contributed by atoms with Gasteiger partial charge in [0.1, 0.15) is 17.3 Å². The van der Waals surface area contributed by atoms with Gasteiger partial charge in [-0.1, -0.05) is 37.3 Å². The molecule has 20 heavy (non-hydrogen) atoms. The summed E-state index contributed by atoms with van der Waals surface area (Å²) in [6.07, 6.45) is 2.68. The molecule has 0 amide bonds. The van der Waals surface area contributed by atoms with Crippen LogP contribution in [0.3, 0.4) is 0 Å². The Hall–Kier alpha value is -2.07. The Balaban J connectivity index is 2.39. The molecule has 4 nitrogen and oxygen atoms in total. The van der Waals surface area contributed by atoms with Crippen LogP contribution in [-0.2, 0) is 24.3 Å². The van der Waals surface area contributed by atoms with Gasteiger partial charge in [-0.25, -0.2) is 4.98 Å². The first-order valence-corrected chi connectivity index (χ1v) is 6.75. The van der Waals surface area contributed by atoms with Gasteiger partial charge in [-0.3, -0.25) is 0 Å². The maximum Gasteiger partial charge on any atom is 0.132 e. The van der Waals surface area contributed by atoms with Crippen molar-refractivity contribution in [1.82, 2.24) is 9.55 Å². The molecule has 0 fully saturated rings. The zero-order valence-electron chi connectivity index (χ0n) is 12.1. The van der Waals surface area contributed by atoms with Gasteiger partial charge in [0.05, 0.1) is 6.61 Å².